The molecule has 60 heavy (non-hydrogen) atoms. The van der Waals surface area contributed by atoms with Gasteiger partial charge in [-0.25, -0.2) is 4.79 Å². The molecule has 12 nitrogen and oxygen atoms in total. The van der Waals surface area contributed by atoms with Crippen molar-refractivity contribution in [3.63, 3.8) is 0 Å². The number of aliphatic hydroxyl groups is 4. The van der Waals surface area contributed by atoms with E-state index in [0.29, 0.717) is 50.5 Å². The summed E-state index contributed by atoms with van der Waals surface area (Å²) in [6.07, 6.45) is 13.1. The van der Waals surface area contributed by atoms with E-state index < -0.39 is 65.4 Å². The summed E-state index contributed by atoms with van der Waals surface area (Å²) >= 11 is 0. The highest BCUT2D eigenvalue weighted by Crippen LogP contribution is 2.32. The molecule has 0 spiro atoms. The van der Waals surface area contributed by atoms with Gasteiger partial charge in [-0.3, -0.25) is 19.2 Å². The zero-order valence-electron chi connectivity index (χ0n) is 37.7. The molecule has 2 aliphatic rings. The molecule has 0 saturated carbocycles. The average molecular weight is 848 g/mol. The van der Waals surface area contributed by atoms with Gasteiger partial charge in [-0.05, 0) is 101 Å². The summed E-state index contributed by atoms with van der Waals surface area (Å²) in [7, 11) is 2.39. The van der Waals surface area contributed by atoms with Gasteiger partial charge in [0.2, 0.25) is 0 Å². The minimum Gasteiger partial charge on any atom is -0.460 e. The second-order valence-electron chi connectivity index (χ2n) is 16.7. The molecule has 2 rings (SSSR count). The van der Waals surface area contributed by atoms with Crippen molar-refractivity contribution in [3.8, 4) is 0 Å². The van der Waals surface area contributed by atoms with Crippen LogP contribution in [0.5, 0.6) is 0 Å². The summed E-state index contributed by atoms with van der Waals surface area (Å²) in [6, 6.07) is -1.06. The molecule has 1 amide bonds. The Morgan fingerprint density at radius 1 is 1.00 bits per heavy atom. The fraction of sp³-hybridized carbons (Fsp3) is 0.729. The first-order valence-corrected chi connectivity index (χ1v) is 21.8. The van der Waals surface area contributed by atoms with Gasteiger partial charge in [-0.1, -0.05) is 97.4 Å². The van der Waals surface area contributed by atoms with E-state index in [4.69, 9.17) is 14.6 Å². The number of carbonyl (C=O) groups is 5. The van der Waals surface area contributed by atoms with Crippen LogP contribution in [0.4, 0.5) is 0 Å². The van der Waals surface area contributed by atoms with Gasteiger partial charge < -0.3 is 34.8 Å². The summed E-state index contributed by atoms with van der Waals surface area (Å²) in [5, 5.41) is 39.9. The van der Waals surface area contributed by atoms with Crippen LogP contribution in [0, 0.1) is 29.6 Å². The van der Waals surface area contributed by atoms with Crippen molar-refractivity contribution in [1.82, 2.24) is 4.90 Å². The topological polar surface area (TPSA) is 188 Å². The lowest BCUT2D eigenvalue weighted by molar-refractivity contribution is -0.169. The molecule has 10 atom stereocenters. The fourth-order valence-corrected chi connectivity index (χ4v) is 8.00. The molecule has 344 valence electrons. The Bertz CT molecular complexity index is 1470. The fourth-order valence-electron chi connectivity index (χ4n) is 8.00. The molecule has 0 aromatic carbocycles. The second-order valence-corrected chi connectivity index (χ2v) is 16.7. The normalized spacial score (nSPS) is 32.5. The third kappa shape index (κ3) is 16.9. The quantitative estimate of drug-likeness (QED) is 0.106. The van der Waals surface area contributed by atoms with Gasteiger partial charge in [-0.2, -0.15) is 0 Å². The van der Waals surface area contributed by atoms with Crippen LogP contribution in [-0.2, 0) is 33.4 Å². The number of hydrogen-bond donors (Lipinski definition) is 4. The predicted octanol–water partition coefficient (Wildman–Crippen LogP) is 7.06. The number of allylic oxidation sites excluding steroid dienone is 7. The number of aliphatic hydroxyl groups excluding tert-OH is 3. The van der Waals surface area contributed by atoms with Crippen molar-refractivity contribution in [2.75, 3.05) is 27.4 Å². The standard InChI is InChI=1S/C46H73NO10.CH4O.CH4/c1-10-18-31(4)39-29-38(49)32(5)27-33(6)40(50)42(56-9)41(51)34(7)28-36(11-2)21-14-12-13-19-30(3)23-24-46(55,35(8)20-17-26-48)43(52)44(53)47-25-16-15-22-37(47)45(54)57-39;1-2;/h12-14,19,21,27,31-32,34-37,39-40,42,48,50,55H,10-11,15-18,20,22-26,28-29H2,1-9H3;2H,1H3;1H4/b13-12+,21-14+,30-19+,33-27+;;/t31?,32-,34-,35?,36?,37?,39+,40-,42?,46?;;/m1../s1. The lowest BCUT2D eigenvalue weighted by atomic mass is 9.77. The van der Waals surface area contributed by atoms with Gasteiger partial charge in [0.25, 0.3) is 11.7 Å². The molecule has 2 aliphatic heterocycles. The Morgan fingerprint density at radius 2 is 1.67 bits per heavy atom. The van der Waals surface area contributed by atoms with E-state index in [2.05, 4.69) is 0 Å². The van der Waals surface area contributed by atoms with Crippen molar-refractivity contribution in [2.45, 2.75) is 170 Å². The lowest BCUT2D eigenvalue weighted by Gasteiger charge is -2.38. The number of Topliss-reactive ketones (excluding diaryl/α,β-unsaturated/α-hetero) is 3. The van der Waals surface area contributed by atoms with E-state index >= 15 is 0 Å². The Morgan fingerprint density at radius 3 is 2.27 bits per heavy atom. The summed E-state index contributed by atoms with van der Waals surface area (Å²) in [6.45, 7) is 14.8. The largest absolute Gasteiger partial charge is 0.460 e. The molecule has 12 heteroatoms. The smallest absolute Gasteiger partial charge is 0.329 e. The first kappa shape index (κ1) is 56.7. The van der Waals surface area contributed by atoms with Crippen molar-refractivity contribution < 1.29 is 53.9 Å². The Labute approximate surface area is 361 Å². The van der Waals surface area contributed by atoms with E-state index in [-0.39, 0.29) is 63.2 Å². The first-order valence-electron chi connectivity index (χ1n) is 21.8. The highest BCUT2D eigenvalue weighted by Gasteiger charge is 2.48. The SMILES string of the molecule is C.CCCC(C)[C@@H]1CC(=O)[C@H](C)/C=C(\C)[C@@H](O)C(OC)C(=O)[C@H](C)CC(CC)/C=C/C=C/C=C(\C)CCC(O)(C(C)CCCO)C(=O)C(=O)N2CCCCC2C(=O)O1.CO. The van der Waals surface area contributed by atoms with Gasteiger partial charge >= 0.3 is 5.97 Å². The Hall–Kier alpha value is -3.29. The molecule has 6 unspecified atom stereocenters. The van der Waals surface area contributed by atoms with E-state index in [1.165, 1.54) is 12.0 Å². The Kier molecular flexibility index (Phi) is 27.5. The molecule has 2 heterocycles. The monoisotopic (exact) mass is 848 g/mol. The molecule has 0 aromatic rings. The van der Waals surface area contributed by atoms with Gasteiger partial charge in [0, 0.05) is 45.6 Å². The number of cyclic esters (lactones) is 1. The van der Waals surface area contributed by atoms with Crippen molar-refractivity contribution in [1.29, 1.82) is 0 Å². The maximum absolute atomic E-state index is 14.2. The zero-order chi connectivity index (χ0) is 44.9. The van der Waals surface area contributed by atoms with Crippen molar-refractivity contribution >= 4 is 29.2 Å². The van der Waals surface area contributed by atoms with Gasteiger partial charge in [0.1, 0.15) is 35.7 Å². The zero-order valence-corrected chi connectivity index (χ0v) is 37.7. The molecule has 1 fully saturated rings. The highest BCUT2D eigenvalue weighted by atomic mass is 16.5. The van der Waals surface area contributed by atoms with Crippen molar-refractivity contribution in [3.05, 3.63) is 47.6 Å². The molecule has 1 saturated heterocycles. The number of amides is 1. The maximum Gasteiger partial charge on any atom is 0.329 e. The second kappa shape index (κ2) is 29.1. The number of fused-ring (bicyclic) bond motifs is 1. The van der Waals surface area contributed by atoms with Gasteiger partial charge in [0.15, 0.2) is 5.78 Å². The third-order valence-electron chi connectivity index (χ3n) is 12.1. The van der Waals surface area contributed by atoms with Crippen LogP contribution in [0.3, 0.4) is 0 Å². The molecule has 4 N–H and O–H groups in total. The van der Waals surface area contributed by atoms with E-state index in [0.717, 1.165) is 25.5 Å². The predicted molar refractivity (Wildman–Crippen MR) is 237 cm³/mol. The number of hydrogen-bond acceptors (Lipinski definition) is 11. The van der Waals surface area contributed by atoms with Gasteiger partial charge in [0.05, 0.1) is 0 Å². The minimum atomic E-state index is -2.04. The van der Waals surface area contributed by atoms with Crippen LogP contribution in [0.2, 0.25) is 0 Å². The number of methoxy groups -OCH3 is 1. The number of esters is 1. The summed E-state index contributed by atoms with van der Waals surface area (Å²) in [4.78, 5) is 70.8. The average Bonchev–Trinajstić information content (AvgIpc) is 3.23. The summed E-state index contributed by atoms with van der Waals surface area (Å²) in [5.41, 5.74) is -0.742. The number of piperidine rings is 1. The molecule has 0 radical (unpaired) electrons. The van der Waals surface area contributed by atoms with Crippen LogP contribution in [0.25, 0.3) is 0 Å². The highest BCUT2D eigenvalue weighted by molar-refractivity contribution is 6.39. The molecule has 0 aromatic heterocycles. The third-order valence-corrected chi connectivity index (χ3v) is 12.1. The lowest BCUT2D eigenvalue weighted by Crippen LogP contribution is -2.58. The van der Waals surface area contributed by atoms with Crippen LogP contribution >= 0.6 is 0 Å². The van der Waals surface area contributed by atoms with Crippen LogP contribution in [0.15, 0.2) is 47.6 Å². The number of ether oxygens (including phenoxy) is 2. The maximum atomic E-state index is 14.2. The number of nitrogens with zero attached hydrogens (tertiary/aromatic N) is 1. The van der Waals surface area contributed by atoms with Crippen LogP contribution in [0.1, 0.15) is 140 Å². The van der Waals surface area contributed by atoms with Crippen molar-refractivity contribution in [2.24, 2.45) is 29.6 Å². The molecule has 0 bridgehead atoms. The number of carbonyl (C=O) groups excluding carboxylic acids is 5. The van der Waals surface area contributed by atoms with E-state index in [1.54, 1.807) is 26.8 Å². The molecular weight excluding hydrogens is 767 g/mol. The first-order chi connectivity index (χ1) is 28.0. The van der Waals surface area contributed by atoms with Crippen LogP contribution in [-0.4, -0.2) is 112 Å². The summed E-state index contributed by atoms with van der Waals surface area (Å²) < 4.78 is 11.6. The number of ketones is 3. The molecular formula is C48H81NO11. The Balaban J connectivity index is 0.0000114. The van der Waals surface area contributed by atoms with Crippen LogP contribution < -0.4 is 0 Å². The minimum absolute atomic E-state index is 0. The molecule has 0 aliphatic carbocycles. The van der Waals surface area contributed by atoms with E-state index in [1.807, 2.05) is 65.0 Å². The summed E-state index contributed by atoms with van der Waals surface area (Å²) in [5.74, 6) is -4.91. The number of rotatable bonds is 9. The van der Waals surface area contributed by atoms with E-state index in [9.17, 15) is 39.3 Å². The van der Waals surface area contributed by atoms with Gasteiger partial charge in [-0.15, -0.1) is 0 Å².